The zero-order chi connectivity index (χ0) is 11.4. The van der Waals surface area contributed by atoms with Gasteiger partial charge in [0.05, 0.1) is 6.20 Å². The van der Waals surface area contributed by atoms with E-state index < -0.39 is 0 Å². The van der Waals surface area contributed by atoms with Crippen molar-refractivity contribution in [3.63, 3.8) is 0 Å². The van der Waals surface area contributed by atoms with E-state index in [1.807, 2.05) is 0 Å². The highest BCUT2D eigenvalue weighted by atomic mass is 79.9. The smallest absolute Gasteiger partial charge is 0.141 e. The van der Waals surface area contributed by atoms with Crippen LogP contribution >= 0.6 is 15.9 Å². The number of alkyl halides is 1. The van der Waals surface area contributed by atoms with Crippen molar-refractivity contribution < 1.29 is 4.39 Å². The van der Waals surface area contributed by atoms with E-state index in [-0.39, 0.29) is 5.82 Å². The summed E-state index contributed by atoms with van der Waals surface area (Å²) in [5.41, 5.74) is 0.972. The molecule has 0 spiro atoms. The van der Waals surface area contributed by atoms with E-state index in [9.17, 15) is 4.39 Å². The fourth-order valence-corrected chi connectivity index (χ4v) is 2.89. The molecule has 0 aromatic carbocycles. The Labute approximate surface area is 104 Å². The van der Waals surface area contributed by atoms with Crippen molar-refractivity contribution in [2.24, 2.45) is 5.92 Å². The number of hydrogen-bond acceptors (Lipinski definition) is 2. The molecule has 1 aromatic rings. The first-order valence-corrected chi connectivity index (χ1v) is 6.78. The fraction of sp³-hybridized carbons (Fsp3) is 0.583. The summed E-state index contributed by atoms with van der Waals surface area (Å²) in [7, 11) is 0. The van der Waals surface area contributed by atoms with Crippen molar-refractivity contribution in [3.05, 3.63) is 29.8 Å². The number of hydrogen-bond donors (Lipinski definition) is 0. The Balaban J connectivity index is 1.87. The van der Waals surface area contributed by atoms with Gasteiger partial charge >= 0.3 is 0 Å². The number of rotatable bonds is 4. The average Bonchev–Trinajstić information content (AvgIpc) is 2.66. The summed E-state index contributed by atoms with van der Waals surface area (Å²) in [6.07, 6.45) is 5.49. The third-order valence-corrected chi connectivity index (χ3v) is 3.51. The summed E-state index contributed by atoms with van der Waals surface area (Å²) in [5, 5.41) is 1.08. The predicted molar refractivity (Wildman–Crippen MR) is 66.0 cm³/mol. The molecule has 4 heteroatoms. The van der Waals surface area contributed by atoms with E-state index in [4.69, 9.17) is 0 Å². The SMILES string of the molecule is Fc1cncc(CN2CCC(CCBr)C2)c1. The molecule has 1 aliphatic heterocycles. The summed E-state index contributed by atoms with van der Waals surface area (Å²) in [5.74, 6) is 0.551. The fourth-order valence-electron chi connectivity index (χ4n) is 2.25. The maximum Gasteiger partial charge on any atom is 0.141 e. The third kappa shape index (κ3) is 3.25. The topological polar surface area (TPSA) is 16.1 Å². The molecule has 1 aromatic heterocycles. The van der Waals surface area contributed by atoms with E-state index in [1.165, 1.54) is 19.0 Å². The first-order chi connectivity index (χ1) is 7.78. The largest absolute Gasteiger partial charge is 0.299 e. The summed E-state index contributed by atoms with van der Waals surface area (Å²) >= 11 is 3.48. The highest BCUT2D eigenvalue weighted by Gasteiger charge is 2.21. The van der Waals surface area contributed by atoms with Crippen LogP contribution in [0.1, 0.15) is 18.4 Å². The zero-order valence-corrected chi connectivity index (χ0v) is 10.8. The molecule has 1 aliphatic rings. The summed E-state index contributed by atoms with van der Waals surface area (Å²) in [6.45, 7) is 3.07. The Morgan fingerprint density at radius 3 is 3.12 bits per heavy atom. The van der Waals surface area contributed by atoms with Crippen LogP contribution in [0.5, 0.6) is 0 Å². The quantitative estimate of drug-likeness (QED) is 0.792. The normalized spacial score (nSPS) is 21.5. The van der Waals surface area contributed by atoms with Crippen LogP contribution in [-0.2, 0) is 6.54 Å². The van der Waals surface area contributed by atoms with Gasteiger partial charge in [-0.25, -0.2) is 4.39 Å². The Bertz CT molecular complexity index is 346. The monoisotopic (exact) mass is 286 g/mol. The van der Waals surface area contributed by atoms with Crippen molar-refractivity contribution in [2.45, 2.75) is 19.4 Å². The zero-order valence-electron chi connectivity index (χ0n) is 9.20. The molecule has 0 bridgehead atoms. The summed E-state index contributed by atoms with van der Waals surface area (Å²) in [6, 6.07) is 1.57. The molecular formula is C12H16BrFN2. The lowest BCUT2D eigenvalue weighted by Crippen LogP contribution is -2.20. The summed E-state index contributed by atoms with van der Waals surface area (Å²) in [4.78, 5) is 6.25. The minimum absolute atomic E-state index is 0.242. The van der Waals surface area contributed by atoms with Crippen molar-refractivity contribution in [3.8, 4) is 0 Å². The van der Waals surface area contributed by atoms with Crippen molar-refractivity contribution in [1.29, 1.82) is 0 Å². The lowest BCUT2D eigenvalue weighted by molar-refractivity contribution is 0.314. The summed E-state index contributed by atoms with van der Waals surface area (Å²) < 4.78 is 13.0. The average molecular weight is 287 g/mol. The molecule has 1 saturated heterocycles. The van der Waals surface area contributed by atoms with Crippen LogP contribution in [0.25, 0.3) is 0 Å². The van der Waals surface area contributed by atoms with Gasteiger partial charge in [-0.2, -0.15) is 0 Å². The van der Waals surface area contributed by atoms with Gasteiger partial charge in [-0.3, -0.25) is 9.88 Å². The van der Waals surface area contributed by atoms with E-state index in [0.717, 1.165) is 36.4 Å². The number of pyridine rings is 1. The molecule has 0 N–H and O–H groups in total. The van der Waals surface area contributed by atoms with Crippen LogP contribution in [0.15, 0.2) is 18.5 Å². The molecule has 0 radical (unpaired) electrons. The Kier molecular flexibility index (Phi) is 4.29. The minimum Gasteiger partial charge on any atom is -0.299 e. The molecule has 0 aliphatic carbocycles. The van der Waals surface area contributed by atoms with E-state index in [2.05, 4.69) is 25.8 Å². The van der Waals surface area contributed by atoms with Crippen molar-refractivity contribution >= 4 is 15.9 Å². The molecule has 0 amide bonds. The number of likely N-dealkylation sites (tertiary alicyclic amines) is 1. The van der Waals surface area contributed by atoms with Crippen LogP contribution in [0.4, 0.5) is 4.39 Å². The van der Waals surface area contributed by atoms with Gasteiger partial charge in [-0.1, -0.05) is 15.9 Å². The lowest BCUT2D eigenvalue weighted by Gasteiger charge is -2.15. The Morgan fingerprint density at radius 2 is 2.38 bits per heavy atom. The van der Waals surface area contributed by atoms with Gasteiger partial charge in [-0.05, 0) is 36.9 Å². The van der Waals surface area contributed by atoms with Crippen molar-refractivity contribution in [1.82, 2.24) is 9.88 Å². The molecule has 2 heterocycles. The second kappa shape index (κ2) is 5.73. The van der Waals surface area contributed by atoms with Crippen LogP contribution in [0.2, 0.25) is 0 Å². The third-order valence-electron chi connectivity index (χ3n) is 3.06. The second-order valence-corrected chi connectivity index (χ2v) is 5.17. The van der Waals surface area contributed by atoms with Gasteiger partial charge in [0.15, 0.2) is 0 Å². The van der Waals surface area contributed by atoms with Gasteiger partial charge in [0, 0.05) is 24.6 Å². The first kappa shape index (κ1) is 12.0. The molecule has 2 rings (SSSR count). The lowest BCUT2D eigenvalue weighted by atomic mass is 10.1. The maximum absolute atomic E-state index is 13.0. The molecule has 1 fully saturated rings. The van der Waals surface area contributed by atoms with Gasteiger partial charge in [0.25, 0.3) is 0 Å². The van der Waals surface area contributed by atoms with Gasteiger partial charge in [-0.15, -0.1) is 0 Å². The second-order valence-electron chi connectivity index (χ2n) is 4.38. The highest BCUT2D eigenvalue weighted by Crippen LogP contribution is 2.21. The number of halogens is 2. The van der Waals surface area contributed by atoms with Gasteiger partial charge in [0.2, 0.25) is 0 Å². The Morgan fingerprint density at radius 1 is 1.50 bits per heavy atom. The van der Waals surface area contributed by atoms with Crippen LogP contribution in [0, 0.1) is 11.7 Å². The van der Waals surface area contributed by atoms with E-state index >= 15 is 0 Å². The molecule has 88 valence electrons. The molecule has 1 unspecified atom stereocenters. The van der Waals surface area contributed by atoms with Crippen LogP contribution in [0.3, 0.4) is 0 Å². The molecule has 16 heavy (non-hydrogen) atoms. The van der Waals surface area contributed by atoms with Gasteiger partial charge < -0.3 is 0 Å². The van der Waals surface area contributed by atoms with E-state index in [0.29, 0.717) is 0 Å². The van der Waals surface area contributed by atoms with Gasteiger partial charge in [0.1, 0.15) is 5.82 Å². The highest BCUT2D eigenvalue weighted by molar-refractivity contribution is 9.09. The standard InChI is InChI=1S/C12H16BrFN2/c13-3-1-10-2-4-16(8-10)9-11-5-12(14)7-15-6-11/h5-7,10H,1-4,8-9H2. The van der Waals surface area contributed by atoms with Crippen molar-refractivity contribution in [2.75, 3.05) is 18.4 Å². The Hall–Kier alpha value is -0.480. The van der Waals surface area contributed by atoms with E-state index in [1.54, 1.807) is 12.3 Å². The van der Waals surface area contributed by atoms with Crippen LogP contribution < -0.4 is 0 Å². The molecule has 2 nitrogen and oxygen atoms in total. The maximum atomic E-state index is 13.0. The minimum atomic E-state index is -0.242. The molecule has 0 saturated carbocycles. The predicted octanol–water partition coefficient (Wildman–Crippen LogP) is 2.83. The molecule has 1 atom stereocenters. The number of aromatic nitrogens is 1. The molecular weight excluding hydrogens is 271 g/mol. The number of nitrogens with zero attached hydrogens (tertiary/aromatic N) is 2. The first-order valence-electron chi connectivity index (χ1n) is 5.65. The van der Waals surface area contributed by atoms with Crippen LogP contribution in [-0.4, -0.2) is 28.3 Å².